The van der Waals surface area contributed by atoms with Crippen LogP contribution < -0.4 is 19.1 Å². The summed E-state index contributed by atoms with van der Waals surface area (Å²) >= 11 is 5.99. The largest absolute Gasteiger partial charge is 0.495 e. The van der Waals surface area contributed by atoms with Crippen molar-refractivity contribution >= 4 is 38.9 Å². The number of methoxy groups -OCH3 is 1. The van der Waals surface area contributed by atoms with Crippen molar-refractivity contribution in [2.24, 2.45) is 0 Å². The van der Waals surface area contributed by atoms with Gasteiger partial charge in [0.25, 0.3) is 10.0 Å². The van der Waals surface area contributed by atoms with E-state index >= 15 is 0 Å². The molecule has 7 nitrogen and oxygen atoms in total. The number of ether oxygens (including phenoxy) is 2. The van der Waals surface area contributed by atoms with Crippen LogP contribution >= 0.6 is 11.6 Å². The third-order valence-electron chi connectivity index (χ3n) is 4.74. The van der Waals surface area contributed by atoms with Crippen LogP contribution in [0.3, 0.4) is 0 Å². The number of hydrogen-bond acceptors (Lipinski definition) is 5. The summed E-state index contributed by atoms with van der Waals surface area (Å²) in [5.74, 6) is 0.350. The molecule has 0 aliphatic rings. The lowest BCUT2D eigenvalue weighted by Gasteiger charge is -2.25. The van der Waals surface area contributed by atoms with Gasteiger partial charge in [-0.1, -0.05) is 17.7 Å². The first-order valence-corrected chi connectivity index (χ1v) is 12.0. The molecule has 9 heteroatoms. The highest BCUT2D eigenvalue weighted by Gasteiger charge is 2.30. The molecule has 3 rings (SSSR count). The first-order chi connectivity index (χ1) is 15.7. The first kappa shape index (κ1) is 24.4. The van der Waals surface area contributed by atoms with Gasteiger partial charge in [0.05, 0.1) is 19.4 Å². The van der Waals surface area contributed by atoms with E-state index in [1.807, 2.05) is 6.92 Å². The normalized spacial score (nSPS) is 11.0. The van der Waals surface area contributed by atoms with E-state index in [0.29, 0.717) is 28.8 Å². The van der Waals surface area contributed by atoms with Crippen molar-refractivity contribution in [3.8, 4) is 11.5 Å². The molecular formula is C24H25ClN2O5S. The summed E-state index contributed by atoms with van der Waals surface area (Å²) in [6.07, 6.45) is 0. The lowest BCUT2D eigenvalue weighted by molar-refractivity contribution is -0.114. The van der Waals surface area contributed by atoms with Crippen LogP contribution in [0.4, 0.5) is 11.4 Å². The van der Waals surface area contributed by atoms with Gasteiger partial charge in [-0.15, -0.1) is 0 Å². The van der Waals surface area contributed by atoms with E-state index in [1.54, 1.807) is 67.6 Å². The zero-order chi connectivity index (χ0) is 24.0. The van der Waals surface area contributed by atoms with Crippen LogP contribution in [0.25, 0.3) is 0 Å². The summed E-state index contributed by atoms with van der Waals surface area (Å²) in [5, 5.41) is 3.18. The van der Waals surface area contributed by atoms with Gasteiger partial charge in [-0.3, -0.25) is 9.10 Å². The molecule has 1 N–H and O–H groups in total. The predicted molar refractivity (Wildman–Crippen MR) is 130 cm³/mol. The van der Waals surface area contributed by atoms with Gasteiger partial charge in [-0.05, 0) is 80.1 Å². The minimum atomic E-state index is -4.15. The predicted octanol–water partition coefficient (Wildman–Crippen LogP) is 4.89. The van der Waals surface area contributed by atoms with Gasteiger partial charge in [0.15, 0.2) is 0 Å². The molecule has 3 aromatic rings. The Hall–Kier alpha value is -3.23. The number of carbonyl (C=O) groups is 1. The molecular weight excluding hydrogens is 464 g/mol. The fourth-order valence-corrected chi connectivity index (χ4v) is 4.95. The van der Waals surface area contributed by atoms with E-state index in [4.69, 9.17) is 21.1 Å². The molecule has 0 saturated carbocycles. The minimum Gasteiger partial charge on any atom is -0.495 e. The molecule has 0 aromatic heterocycles. The van der Waals surface area contributed by atoms with Crippen molar-refractivity contribution in [2.45, 2.75) is 18.7 Å². The van der Waals surface area contributed by atoms with E-state index in [0.717, 1.165) is 9.87 Å². The third kappa shape index (κ3) is 5.97. The lowest BCUT2D eigenvalue weighted by atomic mass is 10.2. The highest BCUT2D eigenvalue weighted by Crippen LogP contribution is 2.31. The van der Waals surface area contributed by atoms with Crippen molar-refractivity contribution in [1.29, 1.82) is 0 Å². The van der Waals surface area contributed by atoms with Gasteiger partial charge in [-0.25, -0.2) is 8.42 Å². The number of halogens is 1. The molecule has 0 atom stereocenters. The number of hydrogen-bond donors (Lipinski definition) is 1. The molecule has 0 unspecified atom stereocenters. The Morgan fingerprint density at radius 1 is 1.03 bits per heavy atom. The molecule has 0 bridgehead atoms. The average molecular weight is 489 g/mol. The minimum absolute atomic E-state index is 0.0335. The van der Waals surface area contributed by atoms with Crippen LogP contribution in [0.2, 0.25) is 5.02 Å². The van der Waals surface area contributed by atoms with Crippen LogP contribution in [-0.4, -0.2) is 34.6 Å². The summed E-state index contributed by atoms with van der Waals surface area (Å²) in [6, 6.07) is 17.9. The van der Waals surface area contributed by atoms with Gasteiger partial charge in [-0.2, -0.15) is 0 Å². The number of carbonyl (C=O) groups excluding carboxylic acids is 1. The highest BCUT2D eigenvalue weighted by atomic mass is 35.5. The summed E-state index contributed by atoms with van der Waals surface area (Å²) < 4.78 is 39.1. The van der Waals surface area contributed by atoms with Crippen molar-refractivity contribution in [2.75, 3.05) is 29.9 Å². The number of amides is 1. The van der Waals surface area contributed by atoms with Crippen LogP contribution in [0.5, 0.6) is 11.5 Å². The van der Waals surface area contributed by atoms with E-state index in [-0.39, 0.29) is 10.6 Å². The van der Waals surface area contributed by atoms with Crippen LogP contribution in [-0.2, 0) is 14.8 Å². The van der Waals surface area contributed by atoms with Crippen LogP contribution in [0.15, 0.2) is 71.6 Å². The van der Waals surface area contributed by atoms with Crippen LogP contribution in [0, 0.1) is 6.92 Å². The second-order valence-electron chi connectivity index (χ2n) is 7.15. The number of aryl methyl sites for hydroxylation is 1. The maximum Gasteiger partial charge on any atom is 0.268 e. The summed E-state index contributed by atoms with van der Waals surface area (Å²) in [6.45, 7) is 3.74. The van der Waals surface area contributed by atoms with Gasteiger partial charge >= 0.3 is 0 Å². The van der Waals surface area contributed by atoms with Crippen molar-refractivity contribution in [1.82, 2.24) is 0 Å². The zero-order valence-electron chi connectivity index (χ0n) is 18.5. The van der Waals surface area contributed by atoms with Crippen molar-refractivity contribution < 1.29 is 22.7 Å². The summed E-state index contributed by atoms with van der Waals surface area (Å²) in [5.41, 5.74) is 1.55. The average Bonchev–Trinajstić information content (AvgIpc) is 2.79. The maximum atomic E-state index is 13.7. The van der Waals surface area contributed by atoms with Gasteiger partial charge < -0.3 is 14.8 Å². The Labute approximate surface area is 198 Å². The Kier molecular flexibility index (Phi) is 7.84. The molecule has 0 saturated heterocycles. The second-order valence-corrected chi connectivity index (χ2v) is 9.42. The maximum absolute atomic E-state index is 13.7. The molecule has 3 aromatic carbocycles. The molecule has 0 heterocycles. The Morgan fingerprint density at radius 3 is 2.30 bits per heavy atom. The fourth-order valence-electron chi connectivity index (χ4n) is 3.16. The van der Waals surface area contributed by atoms with Crippen molar-refractivity contribution in [3.63, 3.8) is 0 Å². The first-order valence-electron chi connectivity index (χ1n) is 10.2. The third-order valence-corrected chi connectivity index (χ3v) is 6.79. The number of sulfonamides is 1. The number of nitrogens with zero attached hydrogens (tertiary/aromatic N) is 1. The van der Waals surface area contributed by atoms with Gasteiger partial charge in [0.2, 0.25) is 5.91 Å². The van der Waals surface area contributed by atoms with Gasteiger partial charge in [0, 0.05) is 10.7 Å². The molecule has 174 valence electrons. The topological polar surface area (TPSA) is 84.9 Å². The van der Waals surface area contributed by atoms with E-state index in [9.17, 15) is 13.2 Å². The highest BCUT2D eigenvalue weighted by molar-refractivity contribution is 7.93. The van der Waals surface area contributed by atoms with E-state index < -0.39 is 22.5 Å². The van der Waals surface area contributed by atoms with E-state index in [1.165, 1.54) is 13.2 Å². The SMILES string of the molecule is CCOc1ccc(NC(=O)CN(c2ccc(Cl)cc2)S(=O)(=O)c2cc(C)ccc2OC)cc1. The zero-order valence-corrected chi connectivity index (χ0v) is 20.1. The summed E-state index contributed by atoms with van der Waals surface area (Å²) in [4.78, 5) is 12.8. The Morgan fingerprint density at radius 2 is 1.70 bits per heavy atom. The molecule has 0 fully saturated rings. The van der Waals surface area contributed by atoms with E-state index in [2.05, 4.69) is 5.32 Å². The number of nitrogens with one attached hydrogen (secondary N) is 1. The summed E-state index contributed by atoms with van der Waals surface area (Å²) in [7, 11) is -2.75. The number of anilines is 2. The van der Waals surface area contributed by atoms with Crippen LogP contribution in [0.1, 0.15) is 12.5 Å². The number of benzene rings is 3. The van der Waals surface area contributed by atoms with Gasteiger partial charge in [0.1, 0.15) is 22.9 Å². The fraction of sp³-hybridized carbons (Fsp3) is 0.208. The monoisotopic (exact) mass is 488 g/mol. The quantitative estimate of drug-likeness (QED) is 0.463. The lowest BCUT2D eigenvalue weighted by Crippen LogP contribution is -2.38. The Bertz CT molecular complexity index is 1210. The molecule has 0 radical (unpaired) electrons. The standard InChI is InChI=1S/C24H25ClN2O5S/c1-4-32-21-12-8-19(9-13-21)26-24(28)16-27(20-10-6-18(25)7-11-20)33(29,30)23-15-17(2)5-14-22(23)31-3/h5-15H,4,16H2,1-3H3,(H,26,28). The molecule has 0 aliphatic carbocycles. The molecule has 0 aliphatic heterocycles. The molecule has 1 amide bonds. The molecule has 33 heavy (non-hydrogen) atoms. The number of rotatable bonds is 9. The smallest absolute Gasteiger partial charge is 0.268 e. The Balaban J connectivity index is 1.94. The molecule has 0 spiro atoms. The second kappa shape index (κ2) is 10.6. The van der Waals surface area contributed by atoms with Crippen molar-refractivity contribution in [3.05, 3.63) is 77.3 Å².